The molecule has 5 nitrogen and oxygen atoms in total. The molecule has 0 unspecified atom stereocenters. The number of H-pyrrole nitrogens is 1. The lowest BCUT2D eigenvalue weighted by Crippen LogP contribution is -1.81. The zero-order valence-corrected chi connectivity index (χ0v) is 10.7. The third kappa shape index (κ3) is 1.97. The fourth-order valence-electron chi connectivity index (χ4n) is 2.22. The highest BCUT2D eigenvalue weighted by Gasteiger charge is 2.14. The standard InChI is InChI=1S/C15H9FN4O/c16-10-3-1-2-9(8-10)14-19-20-15(21-14)12-5-7-18-13-11(12)4-6-17-13/h1-8H,(H,17,18). The molecular weight excluding hydrogens is 271 g/mol. The molecule has 4 aromatic rings. The van der Waals surface area contributed by atoms with Crippen molar-refractivity contribution in [2.75, 3.05) is 0 Å². The summed E-state index contributed by atoms with van der Waals surface area (Å²) in [5.74, 6) is 0.315. The van der Waals surface area contributed by atoms with Gasteiger partial charge in [-0.25, -0.2) is 9.37 Å². The molecule has 0 aliphatic heterocycles. The molecule has 102 valence electrons. The first-order valence-electron chi connectivity index (χ1n) is 6.33. The lowest BCUT2D eigenvalue weighted by Gasteiger charge is -1.97. The predicted octanol–water partition coefficient (Wildman–Crippen LogP) is 3.42. The second-order valence-corrected chi connectivity index (χ2v) is 4.52. The lowest BCUT2D eigenvalue weighted by atomic mass is 10.2. The number of pyridine rings is 1. The van der Waals surface area contributed by atoms with Crippen molar-refractivity contribution in [3.05, 3.63) is 54.6 Å². The number of rotatable bonds is 2. The van der Waals surface area contributed by atoms with Crippen LogP contribution in [0.5, 0.6) is 0 Å². The summed E-state index contributed by atoms with van der Waals surface area (Å²) in [6.07, 6.45) is 3.46. The Morgan fingerprint density at radius 2 is 1.95 bits per heavy atom. The molecule has 0 fully saturated rings. The molecule has 3 aromatic heterocycles. The van der Waals surface area contributed by atoms with Crippen LogP contribution in [0.1, 0.15) is 0 Å². The average Bonchev–Trinajstić information content (AvgIpc) is 3.16. The van der Waals surface area contributed by atoms with Crippen molar-refractivity contribution in [3.63, 3.8) is 0 Å². The molecule has 0 saturated carbocycles. The van der Waals surface area contributed by atoms with Crippen molar-refractivity contribution in [2.45, 2.75) is 0 Å². The van der Waals surface area contributed by atoms with Gasteiger partial charge in [0.2, 0.25) is 11.8 Å². The van der Waals surface area contributed by atoms with E-state index in [-0.39, 0.29) is 11.7 Å². The monoisotopic (exact) mass is 280 g/mol. The normalized spacial score (nSPS) is 11.1. The summed E-state index contributed by atoms with van der Waals surface area (Å²) in [4.78, 5) is 7.23. The number of benzene rings is 1. The molecule has 3 heterocycles. The highest BCUT2D eigenvalue weighted by atomic mass is 19.1. The largest absolute Gasteiger partial charge is 0.416 e. The van der Waals surface area contributed by atoms with Crippen molar-refractivity contribution < 1.29 is 8.81 Å². The van der Waals surface area contributed by atoms with Gasteiger partial charge >= 0.3 is 0 Å². The minimum atomic E-state index is -0.343. The zero-order valence-electron chi connectivity index (χ0n) is 10.7. The van der Waals surface area contributed by atoms with E-state index < -0.39 is 0 Å². The molecule has 1 aromatic carbocycles. The van der Waals surface area contributed by atoms with Crippen LogP contribution in [0.15, 0.2) is 53.2 Å². The third-order valence-corrected chi connectivity index (χ3v) is 3.19. The van der Waals surface area contributed by atoms with Crippen LogP contribution >= 0.6 is 0 Å². The Morgan fingerprint density at radius 1 is 1.05 bits per heavy atom. The predicted molar refractivity (Wildman–Crippen MR) is 74.8 cm³/mol. The summed E-state index contributed by atoms with van der Waals surface area (Å²) < 4.78 is 18.9. The smallest absolute Gasteiger partial charge is 0.248 e. The topological polar surface area (TPSA) is 67.6 Å². The van der Waals surface area contributed by atoms with Crippen LogP contribution in [0.4, 0.5) is 4.39 Å². The van der Waals surface area contributed by atoms with Gasteiger partial charge in [0.05, 0.1) is 5.56 Å². The summed E-state index contributed by atoms with van der Waals surface area (Å²) in [7, 11) is 0. The van der Waals surface area contributed by atoms with Crippen LogP contribution in [0.3, 0.4) is 0 Å². The maximum absolute atomic E-state index is 13.2. The molecule has 6 heteroatoms. The highest BCUT2D eigenvalue weighted by molar-refractivity contribution is 5.90. The van der Waals surface area contributed by atoms with E-state index in [4.69, 9.17) is 4.42 Å². The molecule has 0 radical (unpaired) electrons. The van der Waals surface area contributed by atoms with Crippen LogP contribution in [0.2, 0.25) is 0 Å². The molecule has 0 aliphatic rings. The lowest BCUT2D eigenvalue weighted by molar-refractivity contribution is 0.582. The van der Waals surface area contributed by atoms with E-state index in [0.717, 1.165) is 16.6 Å². The first kappa shape index (κ1) is 11.8. The van der Waals surface area contributed by atoms with Crippen molar-refractivity contribution in [2.24, 2.45) is 0 Å². The molecule has 4 rings (SSSR count). The summed E-state index contributed by atoms with van der Waals surface area (Å²) in [5.41, 5.74) is 2.09. The second kappa shape index (κ2) is 4.52. The molecule has 0 saturated heterocycles. The van der Waals surface area contributed by atoms with Crippen molar-refractivity contribution in [1.82, 2.24) is 20.2 Å². The van der Waals surface area contributed by atoms with E-state index >= 15 is 0 Å². The van der Waals surface area contributed by atoms with Crippen LogP contribution in [0, 0.1) is 5.82 Å². The number of hydrogen-bond donors (Lipinski definition) is 1. The van der Waals surface area contributed by atoms with Gasteiger partial charge in [0, 0.05) is 23.3 Å². The molecule has 0 spiro atoms. The quantitative estimate of drug-likeness (QED) is 0.611. The molecule has 0 bridgehead atoms. The van der Waals surface area contributed by atoms with Crippen molar-refractivity contribution in [3.8, 4) is 22.9 Å². The van der Waals surface area contributed by atoms with Crippen LogP contribution in [-0.4, -0.2) is 20.2 Å². The third-order valence-electron chi connectivity index (χ3n) is 3.19. The first-order chi connectivity index (χ1) is 10.3. The number of aromatic nitrogens is 4. The van der Waals surface area contributed by atoms with Crippen LogP contribution in [-0.2, 0) is 0 Å². The van der Waals surface area contributed by atoms with Gasteiger partial charge in [-0.15, -0.1) is 10.2 Å². The summed E-state index contributed by atoms with van der Waals surface area (Å²) in [6, 6.07) is 9.75. The van der Waals surface area contributed by atoms with Gasteiger partial charge in [-0.3, -0.25) is 0 Å². The Bertz CT molecular complexity index is 928. The van der Waals surface area contributed by atoms with Gasteiger partial charge in [-0.1, -0.05) is 6.07 Å². The second-order valence-electron chi connectivity index (χ2n) is 4.52. The van der Waals surface area contributed by atoms with E-state index in [1.54, 1.807) is 30.6 Å². The zero-order chi connectivity index (χ0) is 14.2. The van der Waals surface area contributed by atoms with Gasteiger partial charge in [-0.05, 0) is 30.3 Å². The van der Waals surface area contributed by atoms with Gasteiger partial charge in [0.15, 0.2) is 0 Å². The van der Waals surface area contributed by atoms with Gasteiger partial charge < -0.3 is 9.40 Å². The van der Waals surface area contributed by atoms with Crippen molar-refractivity contribution >= 4 is 11.0 Å². The highest BCUT2D eigenvalue weighted by Crippen LogP contribution is 2.28. The fraction of sp³-hybridized carbons (Fsp3) is 0. The van der Waals surface area contributed by atoms with Crippen LogP contribution in [0.25, 0.3) is 33.9 Å². The SMILES string of the molecule is Fc1cccc(-c2nnc(-c3ccnc4[nH]ccc34)o2)c1. The van der Waals surface area contributed by atoms with Gasteiger partial charge in [0.1, 0.15) is 11.5 Å². The number of aromatic amines is 1. The Morgan fingerprint density at radius 3 is 2.86 bits per heavy atom. The van der Waals surface area contributed by atoms with E-state index in [9.17, 15) is 4.39 Å². The average molecular weight is 280 g/mol. The summed E-state index contributed by atoms with van der Waals surface area (Å²) in [6.45, 7) is 0. The Kier molecular flexibility index (Phi) is 2.53. The summed E-state index contributed by atoms with van der Waals surface area (Å²) >= 11 is 0. The summed E-state index contributed by atoms with van der Waals surface area (Å²) in [5, 5.41) is 8.92. The van der Waals surface area contributed by atoms with Crippen molar-refractivity contribution in [1.29, 1.82) is 0 Å². The van der Waals surface area contributed by atoms with E-state index in [0.29, 0.717) is 11.5 Å². The Hall–Kier alpha value is -3.02. The first-order valence-corrected chi connectivity index (χ1v) is 6.33. The van der Waals surface area contributed by atoms with Gasteiger partial charge in [-0.2, -0.15) is 0 Å². The minimum absolute atomic E-state index is 0.282. The molecule has 0 atom stereocenters. The fourth-order valence-corrected chi connectivity index (χ4v) is 2.22. The maximum Gasteiger partial charge on any atom is 0.248 e. The number of halogens is 1. The molecule has 0 amide bonds. The Balaban J connectivity index is 1.83. The molecular formula is C15H9FN4O. The Labute approximate surface area is 118 Å². The molecule has 0 aliphatic carbocycles. The number of hydrogen-bond acceptors (Lipinski definition) is 4. The van der Waals surface area contributed by atoms with Crippen LogP contribution < -0.4 is 0 Å². The number of fused-ring (bicyclic) bond motifs is 1. The van der Waals surface area contributed by atoms with E-state index in [1.807, 2.05) is 6.07 Å². The number of nitrogens with zero attached hydrogens (tertiary/aromatic N) is 3. The minimum Gasteiger partial charge on any atom is -0.416 e. The van der Waals surface area contributed by atoms with Gasteiger partial charge in [0.25, 0.3) is 0 Å². The van der Waals surface area contributed by atoms with E-state index in [1.165, 1.54) is 12.1 Å². The maximum atomic E-state index is 13.2. The number of nitrogens with one attached hydrogen (secondary N) is 1. The van der Waals surface area contributed by atoms with E-state index in [2.05, 4.69) is 20.2 Å². The molecule has 1 N–H and O–H groups in total. The molecule has 21 heavy (non-hydrogen) atoms.